The second-order valence-electron chi connectivity index (χ2n) is 3.26. The molecule has 0 spiro atoms. The minimum Gasteiger partial charge on any atom is -0.548 e. The van der Waals surface area contributed by atoms with Crippen LogP contribution in [-0.2, 0) is 4.79 Å². The summed E-state index contributed by atoms with van der Waals surface area (Å²) in [5.41, 5.74) is 1.10. The summed E-state index contributed by atoms with van der Waals surface area (Å²) in [7, 11) is 0. The van der Waals surface area contributed by atoms with E-state index in [1.807, 2.05) is 42.5 Å². The molecule has 0 aliphatic heterocycles. The molecule has 0 radical (unpaired) electrons. The van der Waals surface area contributed by atoms with Gasteiger partial charge in [0.15, 0.2) is 0 Å². The number of aliphatic carboxylic acids is 1. The van der Waals surface area contributed by atoms with Crippen LogP contribution in [0.25, 0.3) is 6.08 Å². The van der Waals surface area contributed by atoms with Crippen LogP contribution in [0.2, 0.25) is 0 Å². The Hall–Kier alpha value is -0.610. The van der Waals surface area contributed by atoms with Gasteiger partial charge in [0.2, 0.25) is 0 Å². The Morgan fingerprint density at radius 3 is 2.62 bits per heavy atom. The van der Waals surface area contributed by atoms with E-state index in [4.69, 9.17) is 0 Å². The van der Waals surface area contributed by atoms with Gasteiger partial charge in [-0.15, -0.1) is 0 Å². The smallest absolute Gasteiger partial charge is 0.548 e. The molecule has 1 rings (SSSR count). The minimum atomic E-state index is -1.08. The van der Waals surface area contributed by atoms with E-state index < -0.39 is 12.0 Å². The number of nitrogens with one attached hydrogen (secondary N) is 1. The number of carboxylic acid groups (broad SMARTS) is 1. The Morgan fingerprint density at radius 1 is 1.44 bits per heavy atom. The first-order valence-electron chi connectivity index (χ1n) is 4.86. The third-order valence-electron chi connectivity index (χ3n) is 2.01. The van der Waals surface area contributed by atoms with Gasteiger partial charge in [-0.2, -0.15) is 0 Å². The summed E-state index contributed by atoms with van der Waals surface area (Å²) in [6, 6.07) is 9.21. The van der Waals surface area contributed by atoms with Gasteiger partial charge in [-0.05, 0) is 12.5 Å². The van der Waals surface area contributed by atoms with Crippen LogP contribution in [0.3, 0.4) is 0 Å². The van der Waals surface area contributed by atoms with Crippen LogP contribution in [0.1, 0.15) is 12.5 Å². The summed E-state index contributed by atoms with van der Waals surface area (Å²) < 4.78 is 0. The SMILES string of the molecule is CC(NCC=Cc1ccccc1)C(=O)[O-].[Na+]. The van der Waals surface area contributed by atoms with Crippen molar-refractivity contribution in [2.45, 2.75) is 13.0 Å². The Labute approximate surface area is 118 Å². The van der Waals surface area contributed by atoms with E-state index in [0.717, 1.165) is 5.56 Å². The van der Waals surface area contributed by atoms with Gasteiger partial charge in [0.25, 0.3) is 0 Å². The van der Waals surface area contributed by atoms with E-state index >= 15 is 0 Å². The summed E-state index contributed by atoms with van der Waals surface area (Å²) in [6.07, 6.45) is 3.82. The van der Waals surface area contributed by atoms with E-state index in [1.165, 1.54) is 0 Å². The van der Waals surface area contributed by atoms with Crippen molar-refractivity contribution < 1.29 is 39.5 Å². The van der Waals surface area contributed by atoms with Gasteiger partial charge in [-0.1, -0.05) is 42.5 Å². The normalized spacial score (nSPS) is 12.1. The van der Waals surface area contributed by atoms with Crippen LogP contribution >= 0.6 is 0 Å². The van der Waals surface area contributed by atoms with Gasteiger partial charge in [-0.25, -0.2) is 0 Å². The predicted molar refractivity (Wildman–Crippen MR) is 57.9 cm³/mol. The number of carbonyl (C=O) groups is 1. The molecule has 0 saturated carbocycles. The number of rotatable bonds is 5. The van der Waals surface area contributed by atoms with Crippen molar-refractivity contribution in [3.63, 3.8) is 0 Å². The van der Waals surface area contributed by atoms with Crippen molar-refractivity contribution in [3.05, 3.63) is 42.0 Å². The Morgan fingerprint density at radius 2 is 2.06 bits per heavy atom. The van der Waals surface area contributed by atoms with Gasteiger partial charge in [0.05, 0.1) is 5.97 Å². The van der Waals surface area contributed by atoms with E-state index in [-0.39, 0.29) is 29.6 Å². The van der Waals surface area contributed by atoms with Crippen molar-refractivity contribution in [2.75, 3.05) is 6.54 Å². The molecule has 0 bridgehead atoms. The Bertz CT molecular complexity index is 338. The molecule has 4 heteroatoms. The van der Waals surface area contributed by atoms with E-state index in [1.54, 1.807) is 6.92 Å². The molecule has 0 heterocycles. The minimum absolute atomic E-state index is 0. The third kappa shape index (κ3) is 6.08. The first-order chi connectivity index (χ1) is 7.20. The molecular weight excluding hydrogens is 213 g/mol. The van der Waals surface area contributed by atoms with Gasteiger partial charge in [0, 0.05) is 12.6 Å². The van der Waals surface area contributed by atoms with E-state index in [9.17, 15) is 9.90 Å². The van der Waals surface area contributed by atoms with Crippen molar-refractivity contribution >= 4 is 12.0 Å². The maximum atomic E-state index is 10.4. The molecule has 1 N–H and O–H groups in total. The maximum absolute atomic E-state index is 10.4. The molecule has 0 amide bonds. The molecule has 0 aliphatic carbocycles. The van der Waals surface area contributed by atoms with Gasteiger partial charge >= 0.3 is 29.6 Å². The van der Waals surface area contributed by atoms with Crippen LogP contribution in [0, 0.1) is 0 Å². The van der Waals surface area contributed by atoms with Crippen LogP contribution < -0.4 is 40.0 Å². The topological polar surface area (TPSA) is 52.2 Å². The fraction of sp³-hybridized carbons (Fsp3) is 0.250. The molecule has 1 aromatic carbocycles. The molecule has 1 aromatic rings. The molecule has 0 aromatic heterocycles. The summed E-state index contributed by atoms with van der Waals surface area (Å²) in [5.74, 6) is -1.08. The molecular formula is C12H14NNaO2. The maximum Gasteiger partial charge on any atom is 1.00 e. The van der Waals surface area contributed by atoms with Crippen molar-refractivity contribution in [3.8, 4) is 0 Å². The molecule has 16 heavy (non-hydrogen) atoms. The molecule has 1 atom stereocenters. The van der Waals surface area contributed by atoms with Crippen molar-refractivity contribution in [2.24, 2.45) is 0 Å². The zero-order valence-electron chi connectivity index (χ0n) is 9.64. The van der Waals surface area contributed by atoms with Crippen molar-refractivity contribution in [1.82, 2.24) is 5.32 Å². The summed E-state index contributed by atoms with van der Waals surface area (Å²) in [4.78, 5) is 10.4. The standard InChI is InChI=1S/C12H15NO2.Na/c1-10(12(14)15)13-9-5-8-11-6-3-2-4-7-11;/h2-8,10,13H,9H2,1H3,(H,14,15);/q;+1/p-1. The summed E-state index contributed by atoms with van der Waals surface area (Å²) in [6.45, 7) is 2.08. The number of carboxylic acids is 1. The largest absolute Gasteiger partial charge is 1.00 e. The summed E-state index contributed by atoms with van der Waals surface area (Å²) in [5, 5.41) is 13.2. The first-order valence-corrected chi connectivity index (χ1v) is 4.86. The number of hydrogen-bond acceptors (Lipinski definition) is 3. The summed E-state index contributed by atoms with van der Waals surface area (Å²) >= 11 is 0. The Balaban J connectivity index is 0.00000225. The quantitative estimate of drug-likeness (QED) is 0.563. The van der Waals surface area contributed by atoms with E-state index in [2.05, 4.69) is 5.32 Å². The molecule has 0 fully saturated rings. The molecule has 3 nitrogen and oxygen atoms in total. The molecule has 1 unspecified atom stereocenters. The second kappa shape index (κ2) is 8.53. The van der Waals surface area contributed by atoms with Crippen LogP contribution in [0.4, 0.5) is 0 Å². The Kier molecular flexibility index (Phi) is 8.21. The number of benzene rings is 1. The fourth-order valence-corrected chi connectivity index (χ4v) is 1.09. The molecule has 80 valence electrons. The van der Waals surface area contributed by atoms with Crippen LogP contribution in [0.5, 0.6) is 0 Å². The fourth-order valence-electron chi connectivity index (χ4n) is 1.09. The van der Waals surface area contributed by atoms with Gasteiger partial charge in [0.1, 0.15) is 0 Å². The molecule has 0 aliphatic rings. The zero-order chi connectivity index (χ0) is 11.1. The van der Waals surface area contributed by atoms with Gasteiger partial charge < -0.3 is 15.2 Å². The van der Waals surface area contributed by atoms with Crippen molar-refractivity contribution in [1.29, 1.82) is 0 Å². The average molecular weight is 227 g/mol. The third-order valence-corrected chi connectivity index (χ3v) is 2.01. The average Bonchev–Trinajstić information content (AvgIpc) is 2.25. The van der Waals surface area contributed by atoms with Gasteiger partial charge in [-0.3, -0.25) is 0 Å². The number of carbonyl (C=O) groups excluding carboxylic acids is 1. The second-order valence-corrected chi connectivity index (χ2v) is 3.26. The first kappa shape index (κ1) is 15.4. The predicted octanol–water partition coefficient (Wildman–Crippen LogP) is -2.57. The van der Waals surface area contributed by atoms with Crippen LogP contribution in [0.15, 0.2) is 36.4 Å². The number of hydrogen-bond donors (Lipinski definition) is 1. The van der Waals surface area contributed by atoms with E-state index in [0.29, 0.717) is 6.54 Å². The zero-order valence-corrected chi connectivity index (χ0v) is 11.6. The molecule has 0 saturated heterocycles. The monoisotopic (exact) mass is 227 g/mol. The van der Waals surface area contributed by atoms with Crippen LogP contribution in [-0.4, -0.2) is 18.6 Å².